The second kappa shape index (κ2) is 7.36. The minimum atomic E-state index is -1.53. The van der Waals surface area contributed by atoms with Crippen LogP contribution in [0.3, 0.4) is 0 Å². The maximum absolute atomic E-state index is 9.05. The van der Waals surface area contributed by atoms with Gasteiger partial charge < -0.3 is 25.4 Å². The largest absolute Gasteiger partial charge is 0.495 e. The average molecular weight is 400 g/mol. The molecule has 0 saturated heterocycles. The molecule has 3 heterocycles. The summed E-state index contributed by atoms with van der Waals surface area (Å²) in [5, 5.41) is 23.4. The first-order chi connectivity index (χ1) is 13.5. The number of nitrogens with zero attached hydrogens (tertiary/aromatic N) is 3. The van der Waals surface area contributed by atoms with Gasteiger partial charge >= 0.3 is 0 Å². The standard InChI is InChI=1S/C19H20N4O4S/c1-10-3-11-5-14(28-18(11)13(4-10)26-2)16-12(7-27-8-15(24)25)6-23-17(16)19(20)21-9-22-23/h3-6,9,15,24-25H,7-8H2,1-2H3,(H2,20,21,22). The maximum atomic E-state index is 9.05. The quantitative estimate of drug-likeness (QED) is 0.426. The fourth-order valence-electron chi connectivity index (χ4n) is 3.28. The molecular weight excluding hydrogens is 380 g/mol. The van der Waals surface area contributed by atoms with Crippen molar-refractivity contribution >= 4 is 32.8 Å². The number of methoxy groups -OCH3 is 1. The van der Waals surface area contributed by atoms with Crippen molar-refractivity contribution in [3.05, 3.63) is 41.9 Å². The van der Waals surface area contributed by atoms with Crippen LogP contribution in [0, 0.1) is 6.92 Å². The second-order valence-corrected chi connectivity index (χ2v) is 7.51. The first kappa shape index (κ1) is 18.6. The molecule has 1 aromatic carbocycles. The summed E-state index contributed by atoms with van der Waals surface area (Å²) in [5.41, 5.74) is 9.64. The number of aliphatic hydroxyl groups excluding tert-OH is 1. The Morgan fingerprint density at radius 1 is 1.29 bits per heavy atom. The van der Waals surface area contributed by atoms with Crippen molar-refractivity contribution in [1.82, 2.24) is 14.6 Å². The van der Waals surface area contributed by atoms with Gasteiger partial charge in [0.15, 0.2) is 12.1 Å². The molecule has 8 nitrogen and oxygen atoms in total. The van der Waals surface area contributed by atoms with E-state index in [2.05, 4.69) is 22.2 Å². The number of thiophene rings is 1. The number of aryl methyl sites for hydroxylation is 1. The summed E-state index contributed by atoms with van der Waals surface area (Å²) in [6.07, 6.45) is 1.69. The SMILES string of the molecule is COc1cc(C)cc2cc(-c3c(COCC(O)O)cn4ncnc(N)c34)sc12. The Labute approximate surface area is 164 Å². The van der Waals surface area contributed by atoms with E-state index < -0.39 is 6.29 Å². The molecule has 4 aromatic rings. The Hall–Kier alpha value is -2.72. The Balaban J connectivity index is 1.90. The van der Waals surface area contributed by atoms with E-state index in [0.717, 1.165) is 37.4 Å². The van der Waals surface area contributed by atoms with Crippen molar-refractivity contribution in [3.8, 4) is 16.2 Å². The lowest BCUT2D eigenvalue weighted by molar-refractivity contribution is -0.0981. The van der Waals surface area contributed by atoms with Crippen LogP contribution >= 0.6 is 11.3 Å². The summed E-state index contributed by atoms with van der Waals surface area (Å²) in [4.78, 5) is 5.10. The Bertz CT molecular complexity index is 1150. The average Bonchev–Trinajstić information content (AvgIpc) is 3.22. The van der Waals surface area contributed by atoms with Gasteiger partial charge in [0.1, 0.15) is 17.6 Å². The molecule has 4 N–H and O–H groups in total. The molecule has 28 heavy (non-hydrogen) atoms. The van der Waals surface area contributed by atoms with Gasteiger partial charge in [-0.25, -0.2) is 9.50 Å². The number of ether oxygens (including phenoxy) is 2. The zero-order valence-electron chi connectivity index (χ0n) is 15.4. The number of aromatic nitrogens is 3. The molecule has 3 aromatic heterocycles. The Morgan fingerprint density at radius 3 is 2.86 bits per heavy atom. The molecule has 0 amide bonds. The molecule has 0 spiro atoms. The number of rotatable bonds is 6. The van der Waals surface area contributed by atoms with Crippen LogP contribution < -0.4 is 10.5 Å². The Morgan fingerprint density at radius 2 is 2.11 bits per heavy atom. The molecule has 0 aliphatic carbocycles. The monoisotopic (exact) mass is 400 g/mol. The number of hydrogen-bond acceptors (Lipinski definition) is 8. The molecule has 0 aliphatic heterocycles. The van der Waals surface area contributed by atoms with E-state index in [4.69, 9.17) is 25.4 Å². The lowest BCUT2D eigenvalue weighted by Gasteiger charge is -2.06. The molecule has 0 unspecified atom stereocenters. The van der Waals surface area contributed by atoms with Crippen LogP contribution in [-0.4, -0.2) is 44.8 Å². The number of aliphatic hydroxyl groups is 2. The summed E-state index contributed by atoms with van der Waals surface area (Å²) < 4.78 is 13.7. The molecule has 9 heteroatoms. The molecule has 146 valence electrons. The van der Waals surface area contributed by atoms with Gasteiger partial charge in [0.25, 0.3) is 0 Å². The highest BCUT2D eigenvalue weighted by Gasteiger charge is 2.20. The van der Waals surface area contributed by atoms with Crippen molar-refractivity contribution in [2.24, 2.45) is 0 Å². The third-order valence-electron chi connectivity index (χ3n) is 4.40. The van der Waals surface area contributed by atoms with E-state index in [1.54, 1.807) is 23.0 Å². The molecule has 0 fully saturated rings. The van der Waals surface area contributed by atoms with Crippen LogP contribution in [-0.2, 0) is 11.3 Å². The highest BCUT2D eigenvalue weighted by Crippen LogP contribution is 2.43. The highest BCUT2D eigenvalue weighted by molar-refractivity contribution is 7.22. The summed E-state index contributed by atoms with van der Waals surface area (Å²) in [6.45, 7) is 2.02. The number of anilines is 1. The van der Waals surface area contributed by atoms with Gasteiger partial charge in [-0.15, -0.1) is 11.3 Å². The lowest BCUT2D eigenvalue weighted by atomic mass is 10.1. The minimum absolute atomic E-state index is 0.181. The third kappa shape index (κ3) is 3.29. The zero-order valence-corrected chi connectivity index (χ0v) is 16.2. The van der Waals surface area contributed by atoms with Crippen LogP contribution in [0.5, 0.6) is 5.75 Å². The zero-order chi connectivity index (χ0) is 19.8. The number of hydrogen-bond donors (Lipinski definition) is 3. The van der Waals surface area contributed by atoms with Gasteiger partial charge in [0.05, 0.1) is 25.0 Å². The smallest absolute Gasteiger partial charge is 0.175 e. The highest BCUT2D eigenvalue weighted by atomic mass is 32.1. The molecule has 4 rings (SSSR count). The summed E-state index contributed by atoms with van der Waals surface area (Å²) in [6, 6.07) is 6.19. The fraction of sp³-hybridized carbons (Fsp3) is 0.263. The van der Waals surface area contributed by atoms with E-state index in [1.165, 1.54) is 6.33 Å². The fourth-order valence-corrected chi connectivity index (χ4v) is 4.50. The summed E-state index contributed by atoms with van der Waals surface area (Å²) in [7, 11) is 1.66. The second-order valence-electron chi connectivity index (χ2n) is 6.46. The molecule has 0 bridgehead atoms. The summed E-state index contributed by atoms with van der Waals surface area (Å²) >= 11 is 1.59. The lowest BCUT2D eigenvalue weighted by Crippen LogP contribution is -2.13. The number of nitrogen functional groups attached to an aromatic ring is 1. The van der Waals surface area contributed by atoms with Gasteiger partial charge in [-0.2, -0.15) is 5.10 Å². The van der Waals surface area contributed by atoms with E-state index in [0.29, 0.717) is 11.3 Å². The predicted molar refractivity (Wildman–Crippen MR) is 107 cm³/mol. The first-order valence-corrected chi connectivity index (χ1v) is 9.42. The Kier molecular flexibility index (Phi) is 4.90. The van der Waals surface area contributed by atoms with Crippen LogP contribution in [0.1, 0.15) is 11.1 Å². The van der Waals surface area contributed by atoms with E-state index in [-0.39, 0.29) is 13.2 Å². The van der Waals surface area contributed by atoms with Gasteiger partial charge in [-0.05, 0) is 30.0 Å². The third-order valence-corrected chi connectivity index (χ3v) is 5.58. The normalized spacial score (nSPS) is 11.8. The molecule has 0 saturated carbocycles. The van der Waals surface area contributed by atoms with Crippen molar-refractivity contribution < 1.29 is 19.7 Å². The molecule has 0 aliphatic rings. The predicted octanol–water partition coefficient (Wildman–Crippen LogP) is 2.34. The van der Waals surface area contributed by atoms with Gasteiger partial charge in [-0.3, -0.25) is 0 Å². The van der Waals surface area contributed by atoms with Crippen molar-refractivity contribution in [1.29, 1.82) is 0 Å². The summed E-state index contributed by atoms with van der Waals surface area (Å²) in [5.74, 6) is 1.18. The van der Waals surface area contributed by atoms with Crippen LogP contribution in [0.25, 0.3) is 26.0 Å². The number of nitrogens with two attached hydrogens (primary N) is 1. The molecule has 0 radical (unpaired) electrons. The van der Waals surface area contributed by atoms with Crippen molar-refractivity contribution in [3.63, 3.8) is 0 Å². The van der Waals surface area contributed by atoms with E-state index in [1.807, 2.05) is 19.2 Å². The maximum Gasteiger partial charge on any atom is 0.175 e. The van der Waals surface area contributed by atoms with Crippen LogP contribution in [0.4, 0.5) is 5.82 Å². The van der Waals surface area contributed by atoms with E-state index in [9.17, 15) is 0 Å². The minimum Gasteiger partial charge on any atom is -0.495 e. The molecular formula is C19H20N4O4S. The van der Waals surface area contributed by atoms with Gasteiger partial charge in [-0.1, -0.05) is 6.07 Å². The van der Waals surface area contributed by atoms with E-state index >= 15 is 0 Å². The number of benzene rings is 1. The first-order valence-electron chi connectivity index (χ1n) is 8.61. The van der Waals surface area contributed by atoms with Gasteiger partial charge in [0.2, 0.25) is 0 Å². The van der Waals surface area contributed by atoms with Crippen LogP contribution in [0.2, 0.25) is 0 Å². The van der Waals surface area contributed by atoms with Crippen molar-refractivity contribution in [2.75, 3.05) is 19.5 Å². The number of fused-ring (bicyclic) bond motifs is 2. The van der Waals surface area contributed by atoms with Crippen LogP contribution in [0.15, 0.2) is 30.7 Å². The van der Waals surface area contributed by atoms with Gasteiger partial charge in [0, 0.05) is 22.2 Å². The van der Waals surface area contributed by atoms with Crippen molar-refractivity contribution in [2.45, 2.75) is 19.8 Å². The topological polar surface area (TPSA) is 115 Å². The molecule has 0 atom stereocenters.